The highest BCUT2D eigenvalue weighted by molar-refractivity contribution is 6.00. The second-order valence-electron chi connectivity index (χ2n) is 8.24. The maximum absolute atomic E-state index is 13.5. The van der Waals surface area contributed by atoms with E-state index in [1.807, 2.05) is 72.8 Å². The lowest BCUT2D eigenvalue weighted by Crippen LogP contribution is -2.31. The molecular formula is C27H24N4O4. The van der Waals surface area contributed by atoms with Gasteiger partial charge in [0.15, 0.2) is 0 Å². The molecule has 0 aliphatic carbocycles. The molecule has 3 aromatic carbocycles. The summed E-state index contributed by atoms with van der Waals surface area (Å²) in [5, 5.41) is 18.7. The number of amides is 1. The predicted octanol–water partition coefficient (Wildman–Crippen LogP) is 4.41. The Labute approximate surface area is 202 Å². The monoisotopic (exact) mass is 468 g/mol. The average molecular weight is 469 g/mol. The minimum absolute atomic E-state index is 0.142. The number of rotatable bonds is 6. The Morgan fingerprint density at radius 1 is 1.03 bits per heavy atom. The van der Waals surface area contributed by atoms with Gasteiger partial charge in [0.2, 0.25) is 11.7 Å². The van der Waals surface area contributed by atoms with Crippen molar-refractivity contribution >= 4 is 11.6 Å². The molecule has 1 N–H and O–H groups in total. The highest BCUT2D eigenvalue weighted by Crippen LogP contribution is 2.33. The molecule has 0 saturated carbocycles. The third-order valence-electron chi connectivity index (χ3n) is 5.98. The smallest absolute Gasteiger partial charge is 0.254 e. The number of aromatic nitrogens is 2. The summed E-state index contributed by atoms with van der Waals surface area (Å²) in [6.45, 7) is 0.275. The molecule has 2 unspecified atom stereocenters. The molecular weight excluding hydrogens is 444 g/mol. The van der Waals surface area contributed by atoms with Crippen molar-refractivity contribution in [1.82, 2.24) is 15.0 Å². The van der Waals surface area contributed by atoms with Gasteiger partial charge in [0.1, 0.15) is 19.3 Å². The number of hydrogen-bond donors (Lipinski definition) is 1. The van der Waals surface area contributed by atoms with E-state index in [0.29, 0.717) is 23.3 Å². The van der Waals surface area contributed by atoms with E-state index in [1.54, 1.807) is 17.0 Å². The maximum Gasteiger partial charge on any atom is 0.254 e. The highest BCUT2D eigenvalue weighted by atomic mass is 16.6. The highest BCUT2D eigenvalue weighted by Gasteiger charge is 2.39. The maximum atomic E-state index is 13.5. The molecule has 0 radical (unpaired) electrons. The van der Waals surface area contributed by atoms with Gasteiger partial charge in [-0.3, -0.25) is 4.79 Å². The first-order chi connectivity index (χ1) is 17.1. The van der Waals surface area contributed by atoms with E-state index in [9.17, 15) is 9.90 Å². The van der Waals surface area contributed by atoms with E-state index in [4.69, 9.17) is 9.36 Å². The van der Waals surface area contributed by atoms with Crippen LogP contribution in [0.1, 0.15) is 46.2 Å². The molecule has 2 atom stereocenters. The Bertz CT molecular complexity index is 1320. The molecule has 1 aliphatic heterocycles. The van der Waals surface area contributed by atoms with Crippen molar-refractivity contribution in [2.75, 3.05) is 13.7 Å². The summed E-state index contributed by atoms with van der Waals surface area (Å²) in [7, 11) is 1.47. The van der Waals surface area contributed by atoms with Gasteiger partial charge in [0.25, 0.3) is 5.91 Å². The Balaban J connectivity index is 1.40. The van der Waals surface area contributed by atoms with Crippen LogP contribution < -0.4 is 0 Å². The Kier molecular flexibility index (Phi) is 6.36. The number of hydrogen-bond acceptors (Lipinski definition) is 7. The van der Waals surface area contributed by atoms with Crippen LogP contribution in [-0.4, -0.2) is 45.4 Å². The summed E-state index contributed by atoms with van der Waals surface area (Å²) in [5.74, 6) is 0.202. The molecule has 0 bridgehead atoms. The lowest BCUT2D eigenvalue weighted by molar-refractivity contribution is 0.0713. The predicted molar refractivity (Wildman–Crippen MR) is 130 cm³/mol. The number of aliphatic hydroxyl groups is 1. The second kappa shape index (κ2) is 9.90. The lowest BCUT2D eigenvalue weighted by atomic mass is 10.0. The molecule has 8 heteroatoms. The molecule has 8 nitrogen and oxygen atoms in total. The Hall–Kier alpha value is -4.30. The van der Waals surface area contributed by atoms with Crippen molar-refractivity contribution in [1.29, 1.82) is 0 Å². The number of carbonyl (C=O) groups is 1. The third-order valence-corrected chi connectivity index (χ3v) is 5.98. The lowest BCUT2D eigenvalue weighted by Gasteiger charge is -2.21. The molecule has 4 aromatic rings. The van der Waals surface area contributed by atoms with Crippen LogP contribution in [0.25, 0.3) is 11.1 Å². The summed E-state index contributed by atoms with van der Waals surface area (Å²) in [6, 6.07) is 26.0. The van der Waals surface area contributed by atoms with Gasteiger partial charge in [0.05, 0.1) is 12.3 Å². The third kappa shape index (κ3) is 4.69. The SMILES string of the molecule is CON=C1CC(c2nc(C(O)c3ccccc3)no2)N(C(=O)c2ccc(-c3ccccc3)cc2)C1. The van der Waals surface area contributed by atoms with Crippen LogP contribution in [0.5, 0.6) is 0 Å². The second-order valence-corrected chi connectivity index (χ2v) is 8.24. The van der Waals surface area contributed by atoms with E-state index in [-0.39, 0.29) is 24.2 Å². The number of aliphatic hydroxyl groups excluding tert-OH is 1. The van der Waals surface area contributed by atoms with E-state index >= 15 is 0 Å². The van der Waals surface area contributed by atoms with Crippen LogP contribution in [-0.2, 0) is 4.84 Å². The summed E-state index contributed by atoms with van der Waals surface area (Å²) in [5.41, 5.74) is 3.99. The van der Waals surface area contributed by atoms with Gasteiger partial charge in [-0.05, 0) is 28.8 Å². The van der Waals surface area contributed by atoms with Gasteiger partial charge in [0, 0.05) is 12.0 Å². The Morgan fingerprint density at radius 2 is 1.69 bits per heavy atom. The molecule has 35 heavy (non-hydrogen) atoms. The quantitative estimate of drug-likeness (QED) is 0.421. The van der Waals surface area contributed by atoms with E-state index in [1.165, 1.54) is 7.11 Å². The van der Waals surface area contributed by atoms with Crippen molar-refractivity contribution in [3.05, 3.63) is 108 Å². The number of carbonyl (C=O) groups excluding carboxylic acids is 1. The van der Waals surface area contributed by atoms with Crippen molar-refractivity contribution in [3.8, 4) is 11.1 Å². The van der Waals surface area contributed by atoms with E-state index in [0.717, 1.165) is 11.1 Å². The fourth-order valence-corrected chi connectivity index (χ4v) is 4.21. The summed E-state index contributed by atoms with van der Waals surface area (Å²) in [6.07, 6.45) is -0.637. The molecule has 2 heterocycles. The van der Waals surface area contributed by atoms with Gasteiger partial charge in [-0.15, -0.1) is 0 Å². The van der Waals surface area contributed by atoms with Crippen LogP contribution in [0, 0.1) is 0 Å². The number of benzene rings is 3. The van der Waals surface area contributed by atoms with Crippen molar-refractivity contribution < 1.29 is 19.3 Å². The van der Waals surface area contributed by atoms with Crippen LogP contribution in [0.3, 0.4) is 0 Å². The first kappa shape index (κ1) is 22.5. The normalized spacial score (nSPS) is 17.5. The minimum Gasteiger partial charge on any atom is -0.399 e. The summed E-state index contributed by atoms with van der Waals surface area (Å²) < 4.78 is 5.50. The first-order valence-electron chi connectivity index (χ1n) is 11.3. The van der Waals surface area contributed by atoms with Crippen LogP contribution in [0.15, 0.2) is 94.6 Å². The topological polar surface area (TPSA) is 101 Å². The molecule has 1 saturated heterocycles. The molecule has 0 spiro atoms. The van der Waals surface area contributed by atoms with E-state index < -0.39 is 12.1 Å². The molecule has 5 rings (SSSR count). The standard InChI is InChI=1S/C27H24N4O4/c1-34-29-22-16-23(26-28-25(30-35-26)24(32)20-10-6-3-7-11-20)31(17-22)27(33)21-14-12-19(13-15-21)18-8-4-2-5-9-18/h2-15,23-24,32H,16-17H2,1H3. The van der Waals surface area contributed by atoms with Gasteiger partial charge in [-0.1, -0.05) is 83.1 Å². The molecule has 176 valence electrons. The van der Waals surface area contributed by atoms with Crippen molar-refractivity contribution in [2.24, 2.45) is 5.16 Å². The van der Waals surface area contributed by atoms with Crippen LogP contribution >= 0.6 is 0 Å². The van der Waals surface area contributed by atoms with Gasteiger partial charge < -0.3 is 19.4 Å². The van der Waals surface area contributed by atoms with Gasteiger partial charge in [-0.25, -0.2) is 0 Å². The number of nitrogens with zero attached hydrogens (tertiary/aromatic N) is 4. The molecule has 1 aliphatic rings. The van der Waals surface area contributed by atoms with Crippen LogP contribution in [0.2, 0.25) is 0 Å². The van der Waals surface area contributed by atoms with Crippen molar-refractivity contribution in [2.45, 2.75) is 18.6 Å². The fraction of sp³-hybridized carbons (Fsp3) is 0.185. The van der Waals surface area contributed by atoms with Gasteiger partial charge >= 0.3 is 0 Å². The molecule has 1 fully saturated rings. The molecule has 1 amide bonds. The first-order valence-corrected chi connectivity index (χ1v) is 11.3. The largest absolute Gasteiger partial charge is 0.399 e. The van der Waals surface area contributed by atoms with Crippen LogP contribution in [0.4, 0.5) is 0 Å². The Morgan fingerprint density at radius 3 is 2.37 bits per heavy atom. The minimum atomic E-state index is -1.03. The van der Waals surface area contributed by atoms with Gasteiger partial charge in [-0.2, -0.15) is 4.98 Å². The zero-order valence-electron chi connectivity index (χ0n) is 19.1. The summed E-state index contributed by atoms with van der Waals surface area (Å²) >= 11 is 0. The number of likely N-dealkylation sites (tertiary alicyclic amines) is 1. The average Bonchev–Trinajstić information content (AvgIpc) is 3.57. The molecule has 1 aromatic heterocycles. The zero-order valence-corrected chi connectivity index (χ0v) is 19.1. The summed E-state index contributed by atoms with van der Waals surface area (Å²) in [4.78, 5) is 24.5. The fourth-order valence-electron chi connectivity index (χ4n) is 4.21. The number of oxime groups is 1. The van der Waals surface area contributed by atoms with Crippen molar-refractivity contribution in [3.63, 3.8) is 0 Å². The van der Waals surface area contributed by atoms with E-state index in [2.05, 4.69) is 15.3 Å². The zero-order chi connectivity index (χ0) is 24.2.